The molecule has 0 heterocycles. The van der Waals surface area contributed by atoms with E-state index in [0.717, 1.165) is 25.0 Å². The Bertz CT molecular complexity index is 485. The third-order valence-electron chi connectivity index (χ3n) is 3.14. The van der Waals surface area contributed by atoms with Gasteiger partial charge in [-0.05, 0) is 44.4 Å². The van der Waals surface area contributed by atoms with Gasteiger partial charge in [0.25, 0.3) is 0 Å². The standard InChI is InChI=1S/C17H24N2O2/c1-4-15(5-2)19-17(20)18-13-12-14-8-6-10-16(21-3)11-7-9-14/h4-6,9-11H,1,7-8,12-13H2,2-3H3,(H2,18,19,20)/b10-6-,14-9+,15-5+,16-11+. The molecule has 21 heavy (non-hydrogen) atoms. The highest BCUT2D eigenvalue weighted by atomic mass is 16.5. The van der Waals surface area contributed by atoms with Crippen LogP contribution in [-0.2, 0) is 4.74 Å². The molecule has 0 fully saturated rings. The first-order valence-corrected chi connectivity index (χ1v) is 7.11. The zero-order valence-corrected chi connectivity index (χ0v) is 12.8. The SMILES string of the molecule is C=C/C(=C\C)NC(=O)NCC/C1=C/C/C=C(OC)\C=C/C1. The summed E-state index contributed by atoms with van der Waals surface area (Å²) >= 11 is 0. The van der Waals surface area contributed by atoms with Gasteiger partial charge in [0, 0.05) is 12.2 Å². The number of hydrogen-bond acceptors (Lipinski definition) is 2. The van der Waals surface area contributed by atoms with E-state index in [-0.39, 0.29) is 6.03 Å². The molecule has 0 spiro atoms. The normalized spacial score (nSPS) is 21.7. The predicted molar refractivity (Wildman–Crippen MR) is 86.7 cm³/mol. The van der Waals surface area contributed by atoms with E-state index in [1.54, 1.807) is 19.3 Å². The van der Waals surface area contributed by atoms with E-state index in [1.807, 2.05) is 19.1 Å². The molecule has 0 saturated carbocycles. The Labute approximate surface area is 126 Å². The Balaban J connectivity index is 2.36. The van der Waals surface area contributed by atoms with Crippen molar-refractivity contribution in [2.75, 3.05) is 13.7 Å². The van der Waals surface area contributed by atoms with Crippen molar-refractivity contribution >= 4 is 6.03 Å². The molecule has 0 bridgehead atoms. The van der Waals surface area contributed by atoms with Crippen LogP contribution in [0.3, 0.4) is 0 Å². The molecule has 0 aliphatic heterocycles. The maximum absolute atomic E-state index is 11.6. The summed E-state index contributed by atoms with van der Waals surface area (Å²) in [5.74, 6) is 0.895. The van der Waals surface area contributed by atoms with Crippen LogP contribution in [0.4, 0.5) is 4.79 Å². The fourth-order valence-electron chi connectivity index (χ4n) is 1.93. The van der Waals surface area contributed by atoms with Gasteiger partial charge in [0.1, 0.15) is 5.76 Å². The van der Waals surface area contributed by atoms with Crippen molar-refractivity contribution in [2.24, 2.45) is 0 Å². The summed E-state index contributed by atoms with van der Waals surface area (Å²) in [7, 11) is 1.67. The first-order valence-electron chi connectivity index (χ1n) is 7.11. The van der Waals surface area contributed by atoms with Crippen LogP contribution in [0.15, 0.2) is 60.1 Å². The quantitative estimate of drug-likeness (QED) is 0.580. The van der Waals surface area contributed by atoms with Gasteiger partial charge in [0.2, 0.25) is 0 Å². The smallest absolute Gasteiger partial charge is 0.319 e. The Kier molecular flexibility index (Phi) is 7.72. The number of hydrogen-bond donors (Lipinski definition) is 2. The second-order valence-electron chi connectivity index (χ2n) is 4.59. The predicted octanol–water partition coefficient (Wildman–Crippen LogP) is 3.57. The second-order valence-corrected chi connectivity index (χ2v) is 4.59. The van der Waals surface area contributed by atoms with Gasteiger partial charge < -0.3 is 15.4 Å². The zero-order valence-electron chi connectivity index (χ0n) is 12.8. The molecule has 2 amide bonds. The van der Waals surface area contributed by atoms with Crippen molar-refractivity contribution in [1.29, 1.82) is 0 Å². The van der Waals surface area contributed by atoms with Gasteiger partial charge in [-0.25, -0.2) is 4.79 Å². The summed E-state index contributed by atoms with van der Waals surface area (Å²) in [6.45, 7) is 6.09. The van der Waals surface area contributed by atoms with Crippen molar-refractivity contribution in [3.05, 3.63) is 60.1 Å². The van der Waals surface area contributed by atoms with Crippen LogP contribution in [-0.4, -0.2) is 19.7 Å². The minimum Gasteiger partial charge on any atom is -0.497 e. The number of amides is 2. The monoisotopic (exact) mass is 288 g/mol. The molecule has 0 atom stereocenters. The average molecular weight is 288 g/mol. The summed E-state index contributed by atoms with van der Waals surface area (Å²) in [5, 5.41) is 5.56. The van der Waals surface area contributed by atoms with Gasteiger partial charge in [-0.15, -0.1) is 0 Å². The topological polar surface area (TPSA) is 50.4 Å². The zero-order chi connectivity index (χ0) is 15.5. The third-order valence-corrected chi connectivity index (χ3v) is 3.14. The summed E-state index contributed by atoms with van der Waals surface area (Å²) in [4.78, 5) is 11.6. The van der Waals surface area contributed by atoms with Crippen LogP contribution >= 0.6 is 0 Å². The molecule has 0 aromatic rings. The number of ether oxygens (including phenoxy) is 1. The Morgan fingerprint density at radius 2 is 2.29 bits per heavy atom. The molecule has 1 aliphatic rings. The molecule has 0 radical (unpaired) electrons. The molecular formula is C17H24N2O2. The van der Waals surface area contributed by atoms with Crippen LogP contribution in [0.2, 0.25) is 0 Å². The molecule has 0 aromatic heterocycles. The summed E-state index contributed by atoms with van der Waals surface area (Å²) < 4.78 is 5.20. The van der Waals surface area contributed by atoms with Crippen LogP contribution in [0.5, 0.6) is 0 Å². The molecular weight excluding hydrogens is 264 g/mol. The van der Waals surface area contributed by atoms with Crippen molar-refractivity contribution in [2.45, 2.75) is 26.2 Å². The lowest BCUT2D eigenvalue weighted by atomic mass is 10.0. The maximum atomic E-state index is 11.6. The van der Waals surface area contributed by atoms with Gasteiger partial charge in [-0.3, -0.25) is 0 Å². The fourth-order valence-corrected chi connectivity index (χ4v) is 1.93. The number of nitrogens with one attached hydrogen (secondary N) is 2. The van der Waals surface area contributed by atoms with E-state index in [1.165, 1.54) is 5.57 Å². The highest BCUT2D eigenvalue weighted by Gasteiger charge is 2.03. The summed E-state index contributed by atoms with van der Waals surface area (Å²) in [6, 6.07) is -0.202. The highest BCUT2D eigenvalue weighted by Crippen LogP contribution is 2.14. The van der Waals surface area contributed by atoms with Gasteiger partial charge in [-0.1, -0.05) is 30.4 Å². The number of methoxy groups -OCH3 is 1. The van der Waals surface area contributed by atoms with Crippen LogP contribution in [0.1, 0.15) is 26.2 Å². The first-order chi connectivity index (χ1) is 10.2. The summed E-state index contributed by atoms with van der Waals surface area (Å²) in [6.07, 6.45) is 14.3. The largest absolute Gasteiger partial charge is 0.497 e. The molecule has 1 aliphatic carbocycles. The molecule has 1 rings (SSSR count). The van der Waals surface area contributed by atoms with Gasteiger partial charge in [0.05, 0.1) is 7.11 Å². The molecule has 2 N–H and O–H groups in total. The van der Waals surface area contributed by atoms with E-state index < -0.39 is 0 Å². The van der Waals surface area contributed by atoms with Crippen LogP contribution < -0.4 is 10.6 Å². The highest BCUT2D eigenvalue weighted by molar-refractivity contribution is 5.76. The summed E-state index contributed by atoms with van der Waals surface area (Å²) in [5.41, 5.74) is 2.02. The lowest BCUT2D eigenvalue weighted by molar-refractivity contribution is 0.243. The van der Waals surface area contributed by atoms with Crippen molar-refractivity contribution in [3.8, 4) is 0 Å². The number of carbonyl (C=O) groups is 1. The molecule has 0 saturated heterocycles. The van der Waals surface area contributed by atoms with E-state index in [9.17, 15) is 4.79 Å². The van der Waals surface area contributed by atoms with Crippen molar-refractivity contribution in [3.63, 3.8) is 0 Å². The molecule has 114 valence electrons. The van der Waals surface area contributed by atoms with E-state index in [2.05, 4.69) is 29.4 Å². The van der Waals surface area contributed by atoms with Crippen molar-refractivity contribution < 1.29 is 9.53 Å². The fraction of sp³-hybridized carbons (Fsp3) is 0.353. The Morgan fingerprint density at radius 1 is 1.48 bits per heavy atom. The van der Waals surface area contributed by atoms with E-state index >= 15 is 0 Å². The number of carbonyl (C=O) groups excluding carboxylic acids is 1. The van der Waals surface area contributed by atoms with Crippen molar-refractivity contribution in [1.82, 2.24) is 10.6 Å². The molecule has 0 unspecified atom stereocenters. The average Bonchev–Trinajstić information content (AvgIpc) is 2.46. The Morgan fingerprint density at radius 3 is 2.95 bits per heavy atom. The number of rotatable bonds is 6. The first kappa shape index (κ1) is 16.8. The minimum absolute atomic E-state index is 0.202. The maximum Gasteiger partial charge on any atom is 0.319 e. The second kappa shape index (κ2) is 9.64. The minimum atomic E-state index is -0.202. The lowest BCUT2D eigenvalue weighted by Crippen LogP contribution is -2.35. The third kappa shape index (κ3) is 6.65. The van der Waals surface area contributed by atoms with Gasteiger partial charge in [0.15, 0.2) is 0 Å². The van der Waals surface area contributed by atoms with Crippen LogP contribution in [0, 0.1) is 0 Å². The van der Waals surface area contributed by atoms with Gasteiger partial charge in [-0.2, -0.15) is 0 Å². The molecule has 4 nitrogen and oxygen atoms in total. The van der Waals surface area contributed by atoms with E-state index in [4.69, 9.17) is 4.74 Å². The Hall–Kier alpha value is -2.23. The van der Waals surface area contributed by atoms with E-state index in [0.29, 0.717) is 12.2 Å². The number of urea groups is 1. The molecule has 0 aromatic carbocycles. The number of allylic oxidation sites excluding steroid dienone is 6. The lowest BCUT2D eigenvalue weighted by Gasteiger charge is -2.10. The van der Waals surface area contributed by atoms with Crippen LogP contribution in [0.25, 0.3) is 0 Å². The molecule has 4 heteroatoms. The van der Waals surface area contributed by atoms with Gasteiger partial charge >= 0.3 is 6.03 Å².